The van der Waals surface area contributed by atoms with Gasteiger partial charge in [-0.15, -0.1) is 0 Å². The Morgan fingerprint density at radius 3 is 2.34 bits per heavy atom. The standard InChI is InChI=1S/C22H30N4O6/c1-5-16-18(20(28)31-6-2)17(26-22(30)25-16)12-32-19(27)15-9-7-14(8-10-15)11-23-21(29)24-13(3)4/h7-10,13,16H,5-6,11-12H2,1-4H3,(H2,23,24,29)(H2,25,26,30). The number of esters is 2. The number of benzene rings is 1. The molecule has 1 aromatic carbocycles. The topological polar surface area (TPSA) is 135 Å². The van der Waals surface area contributed by atoms with E-state index < -0.39 is 24.0 Å². The predicted octanol–water partition coefficient (Wildman–Crippen LogP) is 1.96. The molecule has 1 atom stereocenters. The molecular weight excluding hydrogens is 416 g/mol. The first-order valence-electron chi connectivity index (χ1n) is 10.5. The van der Waals surface area contributed by atoms with Crippen LogP contribution >= 0.6 is 0 Å². The van der Waals surface area contributed by atoms with Crippen LogP contribution in [0.4, 0.5) is 9.59 Å². The minimum atomic E-state index is -0.612. The summed E-state index contributed by atoms with van der Waals surface area (Å²) in [4.78, 5) is 48.4. The van der Waals surface area contributed by atoms with Gasteiger partial charge in [0.25, 0.3) is 0 Å². The fourth-order valence-corrected chi connectivity index (χ4v) is 3.05. The van der Waals surface area contributed by atoms with Crippen molar-refractivity contribution in [1.82, 2.24) is 21.3 Å². The lowest BCUT2D eigenvalue weighted by Gasteiger charge is -2.28. The third kappa shape index (κ3) is 7.00. The average Bonchev–Trinajstić information content (AvgIpc) is 2.75. The number of ether oxygens (including phenoxy) is 2. The van der Waals surface area contributed by atoms with Crippen molar-refractivity contribution in [3.05, 3.63) is 46.7 Å². The Bertz CT molecular complexity index is 879. The number of hydrogen-bond acceptors (Lipinski definition) is 6. The number of carbonyl (C=O) groups excluding carboxylic acids is 4. The zero-order valence-corrected chi connectivity index (χ0v) is 18.7. The molecule has 1 unspecified atom stereocenters. The lowest BCUT2D eigenvalue weighted by Crippen LogP contribution is -2.51. The second-order valence-corrected chi connectivity index (χ2v) is 7.43. The Balaban J connectivity index is 2.02. The van der Waals surface area contributed by atoms with E-state index in [2.05, 4.69) is 21.3 Å². The van der Waals surface area contributed by atoms with E-state index in [0.29, 0.717) is 18.5 Å². The van der Waals surface area contributed by atoms with Crippen molar-refractivity contribution in [2.45, 2.75) is 52.7 Å². The molecule has 0 aromatic heterocycles. The van der Waals surface area contributed by atoms with Crippen molar-refractivity contribution in [2.75, 3.05) is 13.2 Å². The van der Waals surface area contributed by atoms with E-state index in [-0.39, 0.29) is 36.6 Å². The van der Waals surface area contributed by atoms with Crippen LogP contribution in [-0.2, 0) is 20.8 Å². The summed E-state index contributed by atoms with van der Waals surface area (Å²) in [7, 11) is 0. The molecule has 10 nitrogen and oxygen atoms in total. The zero-order chi connectivity index (χ0) is 23.7. The monoisotopic (exact) mass is 446 g/mol. The van der Waals surface area contributed by atoms with Crippen molar-refractivity contribution in [2.24, 2.45) is 0 Å². The van der Waals surface area contributed by atoms with Gasteiger partial charge in [-0.3, -0.25) is 0 Å². The number of rotatable bonds is 9. The molecule has 0 spiro atoms. The molecule has 0 bridgehead atoms. The van der Waals surface area contributed by atoms with Crippen LogP contribution in [0, 0.1) is 0 Å². The molecule has 4 N–H and O–H groups in total. The van der Waals surface area contributed by atoms with Gasteiger partial charge >= 0.3 is 24.0 Å². The molecule has 0 fully saturated rings. The highest BCUT2D eigenvalue weighted by Gasteiger charge is 2.32. The van der Waals surface area contributed by atoms with Gasteiger partial charge in [0, 0.05) is 12.6 Å². The second kappa shape index (κ2) is 11.7. The van der Waals surface area contributed by atoms with E-state index in [1.54, 1.807) is 31.2 Å². The number of amides is 4. The number of hydrogen-bond donors (Lipinski definition) is 4. The van der Waals surface area contributed by atoms with Crippen LogP contribution in [0.1, 0.15) is 50.0 Å². The quantitative estimate of drug-likeness (QED) is 0.428. The maximum atomic E-state index is 12.5. The summed E-state index contributed by atoms with van der Waals surface area (Å²) in [6.07, 6.45) is 0.476. The Morgan fingerprint density at radius 1 is 1.06 bits per heavy atom. The van der Waals surface area contributed by atoms with Gasteiger partial charge in [-0.1, -0.05) is 19.1 Å². The van der Waals surface area contributed by atoms with Gasteiger partial charge < -0.3 is 30.7 Å². The van der Waals surface area contributed by atoms with Gasteiger partial charge in [0.05, 0.1) is 29.5 Å². The number of nitrogens with one attached hydrogen (secondary N) is 4. The molecule has 1 aliphatic rings. The zero-order valence-electron chi connectivity index (χ0n) is 18.7. The lowest BCUT2D eigenvalue weighted by atomic mass is 10.0. The molecule has 0 saturated carbocycles. The van der Waals surface area contributed by atoms with Crippen LogP contribution in [0.25, 0.3) is 0 Å². The summed E-state index contributed by atoms with van der Waals surface area (Å²) in [5.74, 6) is -1.19. The van der Waals surface area contributed by atoms with Gasteiger partial charge in [0.15, 0.2) is 0 Å². The van der Waals surface area contributed by atoms with Crippen LogP contribution in [0.3, 0.4) is 0 Å². The minimum Gasteiger partial charge on any atom is -0.463 e. The molecule has 1 aliphatic heterocycles. The largest absolute Gasteiger partial charge is 0.463 e. The minimum absolute atomic E-state index is 0.0314. The summed E-state index contributed by atoms with van der Waals surface area (Å²) in [5, 5.41) is 10.6. The van der Waals surface area contributed by atoms with Crippen LogP contribution in [0.5, 0.6) is 0 Å². The molecular formula is C22H30N4O6. The predicted molar refractivity (Wildman–Crippen MR) is 117 cm³/mol. The third-order valence-corrected chi connectivity index (χ3v) is 4.56. The highest BCUT2D eigenvalue weighted by atomic mass is 16.5. The van der Waals surface area contributed by atoms with E-state index in [4.69, 9.17) is 9.47 Å². The third-order valence-electron chi connectivity index (χ3n) is 4.56. The number of carbonyl (C=O) groups is 4. The molecule has 1 heterocycles. The molecule has 2 rings (SSSR count). The smallest absolute Gasteiger partial charge is 0.338 e. The van der Waals surface area contributed by atoms with Gasteiger partial charge in [0.2, 0.25) is 0 Å². The molecule has 0 radical (unpaired) electrons. The molecule has 1 aromatic rings. The normalized spacial score (nSPS) is 15.5. The first kappa shape index (κ1) is 24.7. The van der Waals surface area contributed by atoms with Crippen molar-refractivity contribution >= 4 is 24.0 Å². The first-order chi connectivity index (χ1) is 15.2. The highest BCUT2D eigenvalue weighted by Crippen LogP contribution is 2.18. The van der Waals surface area contributed by atoms with Gasteiger partial charge in [-0.05, 0) is 44.9 Å². The van der Waals surface area contributed by atoms with E-state index in [1.807, 2.05) is 20.8 Å². The van der Waals surface area contributed by atoms with Crippen molar-refractivity contribution in [1.29, 1.82) is 0 Å². The Morgan fingerprint density at radius 2 is 1.75 bits per heavy atom. The fraction of sp³-hybridized carbons (Fsp3) is 0.455. The molecule has 0 saturated heterocycles. The van der Waals surface area contributed by atoms with Crippen molar-refractivity contribution in [3.63, 3.8) is 0 Å². The molecule has 10 heteroatoms. The summed E-state index contributed by atoms with van der Waals surface area (Å²) < 4.78 is 10.4. The first-order valence-corrected chi connectivity index (χ1v) is 10.5. The van der Waals surface area contributed by atoms with Crippen molar-refractivity contribution < 1.29 is 28.7 Å². The van der Waals surface area contributed by atoms with E-state index >= 15 is 0 Å². The fourth-order valence-electron chi connectivity index (χ4n) is 3.05. The van der Waals surface area contributed by atoms with Crippen LogP contribution < -0.4 is 21.3 Å². The van der Waals surface area contributed by atoms with E-state index in [1.165, 1.54) is 0 Å². The maximum absolute atomic E-state index is 12.5. The Kier molecular flexibility index (Phi) is 9.06. The summed E-state index contributed by atoms with van der Waals surface area (Å²) in [6, 6.07) is 5.31. The van der Waals surface area contributed by atoms with Crippen LogP contribution in [-0.4, -0.2) is 49.3 Å². The van der Waals surface area contributed by atoms with E-state index in [9.17, 15) is 19.2 Å². The highest BCUT2D eigenvalue weighted by molar-refractivity contribution is 5.95. The number of urea groups is 2. The Labute approximate surface area is 187 Å². The van der Waals surface area contributed by atoms with Gasteiger partial charge in [0.1, 0.15) is 6.61 Å². The molecule has 174 valence electrons. The summed E-state index contributed by atoms with van der Waals surface area (Å²) >= 11 is 0. The maximum Gasteiger partial charge on any atom is 0.338 e. The van der Waals surface area contributed by atoms with Gasteiger partial charge in [-0.25, -0.2) is 19.2 Å². The SMILES string of the molecule is CCOC(=O)C1=C(COC(=O)c2ccc(CNC(=O)NC(C)C)cc2)NC(=O)NC1CC. The molecule has 32 heavy (non-hydrogen) atoms. The molecule has 4 amide bonds. The molecule has 0 aliphatic carbocycles. The van der Waals surface area contributed by atoms with Crippen LogP contribution in [0.2, 0.25) is 0 Å². The van der Waals surface area contributed by atoms with E-state index in [0.717, 1.165) is 5.56 Å². The van der Waals surface area contributed by atoms with Gasteiger partial charge in [-0.2, -0.15) is 0 Å². The van der Waals surface area contributed by atoms with Crippen LogP contribution in [0.15, 0.2) is 35.5 Å². The summed E-state index contributed by atoms with van der Waals surface area (Å²) in [6.45, 7) is 7.44. The summed E-state index contributed by atoms with van der Waals surface area (Å²) in [5.41, 5.74) is 1.54. The van der Waals surface area contributed by atoms with Crippen molar-refractivity contribution in [3.8, 4) is 0 Å². The second-order valence-electron chi connectivity index (χ2n) is 7.43. The Hall–Kier alpha value is -3.56. The lowest BCUT2D eigenvalue weighted by molar-refractivity contribution is -0.139. The average molecular weight is 447 g/mol.